The van der Waals surface area contributed by atoms with E-state index in [1.165, 1.54) is 0 Å². The zero-order valence-electron chi connectivity index (χ0n) is 21.1. The number of rotatable bonds is 11. The second-order valence-corrected chi connectivity index (χ2v) is 10.2. The first-order chi connectivity index (χ1) is 17.3. The molecule has 0 heterocycles. The molecule has 0 saturated heterocycles. The van der Waals surface area contributed by atoms with Crippen LogP contribution in [0.25, 0.3) is 0 Å². The molecule has 190 valence electrons. The third kappa shape index (κ3) is 7.35. The Kier molecular flexibility index (Phi) is 10.4. The Hall–Kier alpha value is -2.82. The van der Waals surface area contributed by atoms with Gasteiger partial charge in [0, 0.05) is 41.0 Å². The average molecular weight is 526 g/mol. The maximum Gasteiger partial charge on any atom is 0.242 e. The van der Waals surface area contributed by atoms with Gasteiger partial charge in [0.15, 0.2) is 0 Å². The van der Waals surface area contributed by atoms with Crippen LogP contribution in [-0.2, 0) is 16.1 Å². The van der Waals surface area contributed by atoms with Gasteiger partial charge in [-0.25, -0.2) is 0 Å². The minimum atomic E-state index is -0.643. The van der Waals surface area contributed by atoms with Crippen molar-refractivity contribution in [1.29, 1.82) is 0 Å². The number of nitrogens with zero attached hydrogens (tertiary/aromatic N) is 1. The van der Waals surface area contributed by atoms with Gasteiger partial charge < -0.3 is 10.2 Å². The van der Waals surface area contributed by atoms with Gasteiger partial charge in [-0.3, -0.25) is 9.59 Å². The fourth-order valence-electron chi connectivity index (χ4n) is 4.29. The van der Waals surface area contributed by atoms with Gasteiger partial charge in [-0.15, -0.1) is 0 Å². The maximum atomic E-state index is 14.0. The lowest BCUT2D eigenvalue weighted by Gasteiger charge is -2.32. The fraction of sp³-hybridized carbons (Fsp3) is 0.333. The molecule has 0 aliphatic heterocycles. The summed E-state index contributed by atoms with van der Waals surface area (Å²) >= 11 is 13.0. The smallest absolute Gasteiger partial charge is 0.242 e. The summed E-state index contributed by atoms with van der Waals surface area (Å²) in [5, 5.41) is 3.95. The minimum absolute atomic E-state index is 0.129. The molecular weight excluding hydrogens is 491 g/mol. The van der Waals surface area contributed by atoms with E-state index in [9.17, 15) is 9.59 Å². The molecule has 3 aromatic carbocycles. The number of carbonyl (C=O) groups is 2. The van der Waals surface area contributed by atoms with Crippen LogP contribution in [0.2, 0.25) is 10.0 Å². The first-order valence-corrected chi connectivity index (χ1v) is 13.2. The molecule has 0 aliphatic rings. The number of hydrogen-bond acceptors (Lipinski definition) is 2. The Labute approximate surface area is 224 Å². The van der Waals surface area contributed by atoms with Crippen molar-refractivity contribution < 1.29 is 9.59 Å². The molecule has 3 rings (SSSR count). The first-order valence-electron chi connectivity index (χ1n) is 12.4. The molecule has 0 aromatic heterocycles. The molecule has 0 bridgehead atoms. The Morgan fingerprint density at radius 3 is 1.83 bits per heavy atom. The molecule has 1 unspecified atom stereocenters. The van der Waals surface area contributed by atoms with Crippen molar-refractivity contribution in [1.82, 2.24) is 10.2 Å². The van der Waals surface area contributed by atoms with E-state index in [0.717, 1.165) is 11.1 Å². The van der Waals surface area contributed by atoms with Gasteiger partial charge >= 0.3 is 0 Å². The van der Waals surface area contributed by atoms with E-state index in [1.54, 1.807) is 23.1 Å². The third-order valence-corrected chi connectivity index (χ3v) is 6.95. The summed E-state index contributed by atoms with van der Waals surface area (Å²) in [4.78, 5) is 28.9. The van der Waals surface area contributed by atoms with E-state index >= 15 is 0 Å². The van der Waals surface area contributed by atoms with Crippen LogP contribution in [0, 0.1) is 5.92 Å². The van der Waals surface area contributed by atoms with Crippen molar-refractivity contribution >= 4 is 35.0 Å². The molecule has 1 atom stereocenters. The van der Waals surface area contributed by atoms with Crippen LogP contribution in [0.3, 0.4) is 0 Å². The summed E-state index contributed by atoms with van der Waals surface area (Å²) in [6.45, 7) is 6.69. The Balaban J connectivity index is 1.98. The lowest BCUT2D eigenvalue weighted by atomic mass is 9.88. The Morgan fingerprint density at radius 1 is 0.833 bits per heavy atom. The van der Waals surface area contributed by atoms with Crippen molar-refractivity contribution in [3.63, 3.8) is 0 Å². The van der Waals surface area contributed by atoms with Crippen LogP contribution in [0.1, 0.15) is 56.2 Å². The van der Waals surface area contributed by atoms with E-state index in [4.69, 9.17) is 23.2 Å². The maximum absolute atomic E-state index is 14.0. The number of amides is 2. The molecule has 2 amide bonds. The predicted octanol–water partition coefficient (Wildman–Crippen LogP) is 7.10. The zero-order valence-corrected chi connectivity index (χ0v) is 22.6. The molecule has 0 aliphatic carbocycles. The largest absolute Gasteiger partial charge is 0.354 e. The van der Waals surface area contributed by atoms with Crippen molar-refractivity contribution in [2.45, 2.75) is 52.1 Å². The number of hydrogen-bond donors (Lipinski definition) is 1. The Bertz CT molecular complexity index is 1080. The molecule has 1 N–H and O–H groups in total. The second-order valence-electron chi connectivity index (χ2n) is 9.36. The minimum Gasteiger partial charge on any atom is -0.354 e. The zero-order chi connectivity index (χ0) is 26.1. The van der Waals surface area contributed by atoms with E-state index in [-0.39, 0.29) is 30.7 Å². The molecule has 0 radical (unpaired) electrons. The third-order valence-electron chi connectivity index (χ3n) is 6.24. The number of halogens is 2. The normalized spacial score (nSPS) is 12.0. The summed E-state index contributed by atoms with van der Waals surface area (Å²) in [6, 6.07) is 24.6. The van der Waals surface area contributed by atoms with Crippen molar-refractivity contribution in [2.24, 2.45) is 5.92 Å². The Morgan fingerprint density at radius 2 is 1.36 bits per heavy atom. The summed E-state index contributed by atoms with van der Waals surface area (Å²) in [6.07, 6.45) is 0.684. The van der Waals surface area contributed by atoms with E-state index in [1.807, 2.05) is 81.4 Å². The van der Waals surface area contributed by atoms with Crippen molar-refractivity contribution in [3.8, 4) is 0 Å². The molecule has 0 saturated carbocycles. The predicted molar refractivity (Wildman–Crippen MR) is 148 cm³/mol. The van der Waals surface area contributed by atoms with Gasteiger partial charge in [-0.05, 0) is 35.6 Å². The molecule has 6 heteroatoms. The molecule has 0 fully saturated rings. The highest BCUT2D eigenvalue weighted by Gasteiger charge is 2.31. The quantitative estimate of drug-likeness (QED) is 0.291. The SMILES string of the molecule is CCC(C(=O)NCC(C)C)N(Cc1c(Cl)cccc1Cl)C(=O)CC(c1ccccc1)c1ccccc1. The number of benzene rings is 3. The summed E-state index contributed by atoms with van der Waals surface area (Å²) < 4.78 is 0. The van der Waals surface area contributed by atoms with Gasteiger partial charge in [0.25, 0.3) is 0 Å². The summed E-state index contributed by atoms with van der Waals surface area (Å²) in [5.41, 5.74) is 2.73. The van der Waals surface area contributed by atoms with Gasteiger partial charge in [0.05, 0.1) is 0 Å². The van der Waals surface area contributed by atoms with Crippen LogP contribution >= 0.6 is 23.2 Å². The number of carbonyl (C=O) groups excluding carboxylic acids is 2. The first kappa shape index (κ1) is 27.8. The van der Waals surface area contributed by atoms with Gasteiger partial charge in [-0.2, -0.15) is 0 Å². The van der Waals surface area contributed by atoms with Crippen molar-refractivity contribution in [3.05, 3.63) is 106 Å². The summed E-state index contributed by atoms with van der Waals surface area (Å²) in [7, 11) is 0. The fourth-order valence-corrected chi connectivity index (χ4v) is 4.80. The molecular formula is C30H34Cl2N2O2. The van der Waals surface area contributed by atoms with E-state index in [2.05, 4.69) is 5.32 Å². The lowest BCUT2D eigenvalue weighted by molar-refractivity contribution is -0.141. The molecule has 3 aromatic rings. The van der Waals surface area contributed by atoms with Crippen LogP contribution in [0.4, 0.5) is 0 Å². The van der Waals surface area contributed by atoms with E-state index in [0.29, 0.717) is 34.5 Å². The molecule has 0 spiro atoms. The number of nitrogens with one attached hydrogen (secondary N) is 1. The van der Waals surface area contributed by atoms with E-state index < -0.39 is 6.04 Å². The summed E-state index contributed by atoms with van der Waals surface area (Å²) in [5.74, 6) is -0.150. The highest BCUT2D eigenvalue weighted by atomic mass is 35.5. The molecule has 4 nitrogen and oxygen atoms in total. The van der Waals surface area contributed by atoms with Crippen molar-refractivity contribution in [2.75, 3.05) is 6.54 Å². The van der Waals surface area contributed by atoms with Crippen LogP contribution in [0.5, 0.6) is 0 Å². The standard InChI is InChI=1S/C30H34Cl2N2O2/c1-4-28(30(36)33-19-21(2)3)34(20-25-26(31)16-11-17-27(25)32)29(35)18-24(22-12-7-5-8-13-22)23-14-9-6-10-15-23/h5-17,21,24,28H,4,18-20H2,1-3H3,(H,33,36). The van der Waals surface area contributed by atoms with Gasteiger partial charge in [-0.1, -0.05) is 111 Å². The lowest BCUT2D eigenvalue weighted by Crippen LogP contribution is -2.49. The molecule has 36 heavy (non-hydrogen) atoms. The van der Waals surface area contributed by atoms with Crippen LogP contribution in [0.15, 0.2) is 78.9 Å². The highest BCUT2D eigenvalue weighted by Crippen LogP contribution is 2.31. The second kappa shape index (κ2) is 13.5. The monoisotopic (exact) mass is 524 g/mol. The average Bonchev–Trinajstić information content (AvgIpc) is 2.88. The van der Waals surface area contributed by atoms with Crippen LogP contribution in [-0.4, -0.2) is 29.3 Å². The highest BCUT2D eigenvalue weighted by molar-refractivity contribution is 6.36. The topological polar surface area (TPSA) is 49.4 Å². The van der Waals surface area contributed by atoms with Crippen LogP contribution < -0.4 is 5.32 Å². The van der Waals surface area contributed by atoms with Gasteiger partial charge in [0.2, 0.25) is 11.8 Å². The van der Waals surface area contributed by atoms with Gasteiger partial charge in [0.1, 0.15) is 6.04 Å².